The fourth-order valence-corrected chi connectivity index (χ4v) is 1.91. The summed E-state index contributed by atoms with van der Waals surface area (Å²) in [6, 6.07) is 8.70. The Morgan fingerprint density at radius 2 is 1.23 bits per heavy atom. The van der Waals surface area contributed by atoms with Crippen LogP contribution >= 0.6 is 0 Å². The largest absolute Gasteiger partial charge is 0.235 e. The van der Waals surface area contributed by atoms with E-state index < -0.39 is 6.04 Å². The Bertz CT molecular complexity index is 660. The number of carbonyl (C=O) groups excluding carboxylic acids is 4. The summed E-state index contributed by atoms with van der Waals surface area (Å²) in [4.78, 5) is 53.1. The van der Waals surface area contributed by atoms with Crippen LogP contribution in [0.2, 0.25) is 0 Å². The molecule has 1 aromatic rings. The molecule has 0 aliphatic heterocycles. The maximum Gasteiger partial charge on any atom is 0.235 e. The first-order chi connectivity index (χ1) is 12.8. The number of isocyanates is 4. The highest BCUT2D eigenvalue weighted by Crippen LogP contribution is 2.16. The van der Waals surface area contributed by atoms with Crippen LogP contribution in [0.1, 0.15) is 37.3 Å². The average molecular weight is 356 g/mol. The van der Waals surface area contributed by atoms with Crippen LogP contribution in [0.4, 0.5) is 0 Å². The topological polar surface area (TPSA) is 118 Å². The van der Waals surface area contributed by atoms with Crippen LogP contribution in [-0.2, 0) is 19.2 Å². The Morgan fingerprint density at radius 1 is 0.692 bits per heavy atom. The molecule has 8 nitrogen and oxygen atoms in total. The molecule has 1 atom stereocenters. The lowest BCUT2D eigenvalue weighted by Crippen LogP contribution is -1.98. The van der Waals surface area contributed by atoms with Gasteiger partial charge in [-0.3, -0.25) is 0 Å². The van der Waals surface area contributed by atoms with E-state index in [1.165, 1.54) is 24.3 Å². The normalized spacial score (nSPS) is 9.69. The number of rotatable bonds is 11. The van der Waals surface area contributed by atoms with Crippen LogP contribution in [-0.4, -0.2) is 44.0 Å². The summed E-state index contributed by atoms with van der Waals surface area (Å²) in [6.07, 6.45) is 9.67. The van der Waals surface area contributed by atoms with E-state index in [0.29, 0.717) is 13.1 Å². The minimum Gasteiger partial charge on any atom is -0.211 e. The molecule has 1 unspecified atom stereocenters. The number of hydrogen-bond acceptors (Lipinski definition) is 8. The number of unbranched alkanes of at least 4 members (excludes halogenated alkanes) is 3. The van der Waals surface area contributed by atoms with Crippen molar-refractivity contribution in [2.45, 2.75) is 31.7 Å². The van der Waals surface area contributed by atoms with E-state index in [2.05, 4.69) is 20.0 Å². The predicted octanol–water partition coefficient (Wildman–Crippen LogP) is 2.62. The third kappa shape index (κ3) is 13.2. The molecule has 8 heteroatoms. The quantitative estimate of drug-likeness (QED) is 0.344. The van der Waals surface area contributed by atoms with Crippen molar-refractivity contribution in [3.05, 3.63) is 35.9 Å². The summed E-state index contributed by atoms with van der Waals surface area (Å²) in [5.41, 5.74) is 0.829. The summed E-state index contributed by atoms with van der Waals surface area (Å²) in [5, 5.41) is 0. The summed E-state index contributed by atoms with van der Waals surface area (Å²) in [5.74, 6) is 0. The summed E-state index contributed by atoms with van der Waals surface area (Å²) >= 11 is 0. The van der Waals surface area contributed by atoms with Gasteiger partial charge in [-0.05, 0) is 18.4 Å². The van der Waals surface area contributed by atoms with Crippen molar-refractivity contribution in [3.63, 3.8) is 0 Å². The van der Waals surface area contributed by atoms with E-state index in [1.807, 2.05) is 30.3 Å². The maximum atomic E-state index is 10.1. The molecule has 0 aliphatic carbocycles. The van der Waals surface area contributed by atoms with Gasteiger partial charge in [0.15, 0.2) is 0 Å². The second-order valence-corrected chi connectivity index (χ2v) is 4.94. The molecular weight excluding hydrogens is 336 g/mol. The first-order valence-electron chi connectivity index (χ1n) is 8.03. The van der Waals surface area contributed by atoms with Crippen LogP contribution in [0.15, 0.2) is 50.3 Å². The van der Waals surface area contributed by atoms with Gasteiger partial charge in [-0.2, -0.15) is 4.99 Å². The molecule has 0 bridgehead atoms. The molecule has 1 aromatic carbocycles. The third-order valence-electron chi connectivity index (χ3n) is 3.14. The first-order valence-corrected chi connectivity index (χ1v) is 8.03. The number of hydrogen-bond donors (Lipinski definition) is 0. The van der Waals surface area contributed by atoms with E-state index in [9.17, 15) is 19.2 Å². The van der Waals surface area contributed by atoms with Crippen molar-refractivity contribution < 1.29 is 19.2 Å². The molecule has 0 fully saturated rings. The summed E-state index contributed by atoms with van der Waals surface area (Å²) in [6.45, 7) is 1.24. The predicted molar refractivity (Wildman–Crippen MR) is 94.7 cm³/mol. The summed E-state index contributed by atoms with van der Waals surface area (Å²) in [7, 11) is 0. The van der Waals surface area contributed by atoms with Crippen molar-refractivity contribution in [3.8, 4) is 0 Å². The zero-order valence-electron chi connectivity index (χ0n) is 14.3. The second kappa shape index (κ2) is 18.1. The lowest BCUT2D eigenvalue weighted by Gasteiger charge is -2.05. The van der Waals surface area contributed by atoms with E-state index in [0.717, 1.165) is 31.2 Å². The summed E-state index contributed by atoms with van der Waals surface area (Å²) < 4.78 is 0. The Balaban J connectivity index is 0.000000488. The van der Waals surface area contributed by atoms with Gasteiger partial charge in [0.2, 0.25) is 24.3 Å². The molecule has 136 valence electrons. The SMILES string of the molecule is O=C=NCC(N=C=O)c1ccccc1.O=C=NCCCCCCN=C=O. The molecule has 0 aliphatic rings. The second-order valence-electron chi connectivity index (χ2n) is 4.94. The molecule has 0 N–H and O–H groups in total. The molecule has 1 rings (SSSR count). The lowest BCUT2D eigenvalue weighted by atomic mass is 10.1. The molecule has 0 saturated heterocycles. The molecule has 26 heavy (non-hydrogen) atoms. The molecular formula is C18H20N4O4. The first kappa shape index (κ1) is 22.7. The number of benzene rings is 1. The van der Waals surface area contributed by atoms with Gasteiger partial charge in [0.1, 0.15) is 6.04 Å². The number of nitrogens with zero attached hydrogens (tertiary/aromatic N) is 4. The minimum absolute atomic E-state index is 0.128. The fourth-order valence-electron chi connectivity index (χ4n) is 1.91. The van der Waals surface area contributed by atoms with Gasteiger partial charge < -0.3 is 0 Å². The average Bonchev–Trinajstić information content (AvgIpc) is 2.68. The zero-order chi connectivity index (χ0) is 19.3. The highest BCUT2D eigenvalue weighted by molar-refractivity contribution is 5.37. The maximum absolute atomic E-state index is 10.1. The Hall–Kier alpha value is -3.26. The van der Waals surface area contributed by atoms with Crippen LogP contribution in [0, 0.1) is 0 Å². The Kier molecular flexibility index (Phi) is 15.8. The van der Waals surface area contributed by atoms with Gasteiger partial charge in [-0.1, -0.05) is 43.2 Å². The van der Waals surface area contributed by atoms with Gasteiger partial charge in [-0.25, -0.2) is 34.2 Å². The van der Waals surface area contributed by atoms with Gasteiger partial charge in [0.25, 0.3) is 0 Å². The van der Waals surface area contributed by atoms with Crippen LogP contribution in [0.5, 0.6) is 0 Å². The van der Waals surface area contributed by atoms with E-state index in [1.54, 1.807) is 0 Å². The number of aliphatic imine (C=N–C) groups is 4. The van der Waals surface area contributed by atoms with Crippen molar-refractivity contribution >= 4 is 24.3 Å². The van der Waals surface area contributed by atoms with E-state index in [-0.39, 0.29) is 6.54 Å². The minimum atomic E-state index is -0.435. The third-order valence-corrected chi connectivity index (χ3v) is 3.14. The van der Waals surface area contributed by atoms with Crippen LogP contribution in [0.3, 0.4) is 0 Å². The smallest absolute Gasteiger partial charge is 0.211 e. The Labute approximate surface area is 151 Å². The van der Waals surface area contributed by atoms with Crippen molar-refractivity contribution in [1.82, 2.24) is 0 Å². The fraction of sp³-hybridized carbons (Fsp3) is 0.444. The van der Waals surface area contributed by atoms with E-state index in [4.69, 9.17) is 0 Å². The van der Waals surface area contributed by atoms with Crippen LogP contribution in [0.25, 0.3) is 0 Å². The molecule has 0 radical (unpaired) electrons. The van der Waals surface area contributed by atoms with Crippen LogP contribution < -0.4 is 0 Å². The molecule has 0 spiro atoms. The lowest BCUT2D eigenvalue weighted by molar-refractivity contribution is 0.553. The van der Waals surface area contributed by atoms with Gasteiger partial charge >= 0.3 is 0 Å². The zero-order valence-corrected chi connectivity index (χ0v) is 14.3. The highest BCUT2D eigenvalue weighted by atomic mass is 16.1. The van der Waals surface area contributed by atoms with Crippen molar-refractivity contribution in [2.24, 2.45) is 20.0 Å². The Morgan fingerprint density at radius 3 is 1.69 bits per heavy atom. The van der Waals surface area contributed by atoms with Gasteiger partial charge in [0.05, 0.1) is 19.6 Å². The standard InChI is InChI=1S/C10H8N2O2.C8H12N2O2/c13-7-11-6-10(12-8-14)9-4-2-1-3-5-9;11-7-9-5-3-1-2-4-6-10-8-12/h1-5,10H,6H2;1-6H2. The van der Waals surface area contributed by atoms with Gasteiger partial charge in [-0.15, -0.1) is 0 Å². The molecule has 0 saturated carbocycles. The highest BCUT2D eigenvalue weighted by Gasteiger charge is 2.07. The van der Waals surface area contributed by atoms with E-state index >= 15 is 0 Å². The van der Waals surface area contributed by atoms with Crippen molar-refractivity contribution in [2.75, 3.05) is 19.6 Å². The van der Waals surface area contributed by atoms with Gasteiger partial charge in [0, 0.05) is 0 Å². The monoisotopic (exact) mass is 356 g/mol. The molecule has 0 amide bonds. The van der Waals surface area contributed by atoms with Crippen molar-refractivity contribution in [1.29, 1.82) is 0 Å². The molecule has 0 heterocycles. The molecule has 0 aromatic heterocycles.